The Balaban J connectivity index is 2.38. The molecule has 2 rings (SSSR count). The van der Waals surface area contributed by atoms with Gasteiger partial charge in [-0.3, -0.25) is 4.79 Å². The molecule has 0 aliphatic heterocycles. The Hall–Kier alpha value is -2.14. The first-order chi connectivity index (χ1) is 11.0. The number of carbonyl (C=O) groups is 1. The van der Waals surface area contributed by atoms with Crippen LogP contribution in [-0.2, 0) is 0 Å². The molecule has 1 heterocycles. The van der Waals surface area contributed by atoms with Crippen molar-refractivity contribution in [2.24, 2.45) is 0 Å². The van der Waals surface area contributed by atoms with Crippen molar-refractivity contribution in [3.63, 3.8) is 0 Å². The number of amides is 1. The van der Waals surface area contributed by atoms with Gasteiger partial charge in [0.2, 0.25) is 0 Å². The predicted octanol–water partition coefficient (Wildman–Crippen LogP) is 2.80. The van der Waals surface area contributed by atoms with Crippen LogP contribution in [0.15, 0.2) is 30.5 Å². The molecule has 0 saturated carbocycles. The van der Waals surface area contributed by atoms with Crippen LogP contribution in [0, 0.1) is 6.92 Å². The maximum absolute atomic E-state index is 12.5. The van der Waals surface area contributed by atoms with Crippen molar-refractivity contribution in [2.75, 3.05) is 6.61 Å². The normalized spacial score (nSPS) is 12.4. The average molecular weight is 315 g/mol. The second-order valence-corrected chi connectivity index (χ2v) is 6.11. The average Bonchev–Trinajstić information content (AvgIpc) is 2.98. The molecule has 0 bridgehead atoms. The van der Waals surface area contributed by atoms with E-state index in [2.05, 4.69) is 10.4 Å². The quantitative estimate of drug-likeness (QED) is 0.861. The lowest BCUT2D eigenvalue weighted by atomic mass is 10.0. The van der Waals surface area contributed by atoms with Crippen LogP contribution in [0.1, 0.15) is 54.7 Å². The van der Waals surface area contributed by atoms with Crippen molar-refractivity contribution in [3.8, 4) is 5.69 Å². The van der Waals surface area contributed by atoms with Gasteiger partial charge in [0.05, 0.1) is 35.8 Å². The minimum atomic E-state index is -0.231. The number of benzene rings is 1. The second kappa shape index (κ2) is 7.42. The summed E-state index contributed by atoms with van der Waals surface area (Å²) in [6.45, 7) is 7.99. The van der Waals surface area contributed by atoms with Crippen molar-refractivity contribution in [1.82, 2.24) is 15.1 Å². The summed E-state index contributed by atoms with van der Waals surface area (Å²) in [6, 6.07) is 7.82. The highest BCUT2D eigenvalue weighted by Crippen LogP contribution is 2.23. The van der Waals surface area contributed by atoms with Gasteiger partial charge in [-0.15, -0.1) is 0 Å². The summed E-state index contributed by atoms with van der Waals surface area (Å²) in [6.07, 6.45) is 2.29. The number of hydrogen-bond acceptors (Lipinski definition) is 3. The summed E-state index contributed by atoms with van der Waals surface area (Å²) in [5.41, 5.74) is 3.55. The Labute approximate surface area is 137 Å². The molecular weight excluding hydrogens is 290 g/mol. The highest BCUT2D eigenvalue weighted by atomic mass is 16.3. The molecule has 23 heavy (non-hydrogen) atoms. The van der Waals surface area contributed by atoms with Gasteiger partial charge in [0.1, 0.15) is 0 Å². The molecule has 5 heteroatoms. The van der Waals surface area contributed by atoms with Gasteiger partial charge in [0.15, 0.2) is 0 Å². The molecule has 0 aliphatic rings. The molecule has 2 aromatic rings. The first-order valence-electron chi connectivity index (χ1n) is 8.04. The van der Waals surface area contributed by atoms with Crippen LogP contribution in [0.2, 0.25) is 0 Å². The maximum atomic E-state index is 12.5. The highest BCUT2D eigenvalue weighted by molar-refractivity contribution is 5.95. The number of aromatic nitrogens is 2. The Morgan fingerprint density at radius 2 is 1.96 bits per heavy atom. The molecule has 1 aromatic heterocycles. The molecular formula is C18H25N3O2. The minimum Gasteiger partial charge on any atom is -0.394 e. The first kappa shape index (κ1) is 17.2. The number of aliphatic hydroxyl groups excluding tert-OH is 1. The molecule has 0 fully saturated rings. The lowest BCUT2D eigenvalue weighted by molar-refractivity contribution is 0.0913. The van der Waals surface area contributed by atoms with Gasteiger partial charge >= 0.3 is 0 Å². The predicted molar refractivity (Wildman–Crippen MR) is 91.0 cm³/mol. The zero-order valence-corrected chi connectivity index (χ0v) is 14.2. The number of aryl methyl sites for hydroxylation is 1. The zero-order valence-electron chi connectivity index (χ0n) is 14.2. The number of carbonyl (C=O) groups excluding carboxylic acids is 1. The van der Waals surface area contributed by atoms with Gasteiger partial charge in [-0.1, -0.05) is 38.5 Å². The Bertz CT molecular complexity index is 655. The van der Waals surface area contributed by atoms with Crippen LogP contribution < -0.4 is 5.32 Å². The van der Waals surface area contributed by atoms with Crippen molar-refractivity contribution >= 4 is 5.91 Å². The third-order valence-electron chi connectivity index (χ3n) is 3.92. The molecule has 1 unspecified atom stereocenters. The third-order valence-corrected chi connectivity index (χ3v) is 3.92. The molecule has 0 aliphatic carbocycles. The summed E-state index contributed by atoms with van der Waals surface area (Å²) in [5.74, 6) is -0.0401. The standard InChI is InChI=1S/C18H25N3O2/c1-5-14(11-22)20-18(23)16-10-19-21(17(16)12(2)3)15-8-6-13(4)7-9-15/h6-10,12,14,22H,5,11H2,1-4H3,(H,20,23). The van der Waals surface area contributed by atoms with Crippen LogP contribution in [0.3, 0.4) is 0 Å². The molecule has 1 atom stereocenters. The van der Waals surface area contributed by atoms with Gasteiger partial charge in [0, 0.05) is 0 Å². The monoisotopic (exact) mass is 315 g/mol. The lowest BCUT2D eigenvalue weighted by Crippen LogP contribution is -2.37. The van der Waals surface area contributed by atoms with E-state index in [4.69, 9.17) is 0 Å². The highest BCUT2D eigenvalue weighted by Gasteiger charge is 2.22. The van der Waals surface area contributed by atoms with E-state index in [0.717, 1.165) is 11.4 Å². The molecule has 0 spiro atoms. The molecule has 1 aromatic carbocycles. The minimum absolute atomic E-state index is 0.0641. The molecule has 0 radical (unpaired) electrons. The van der Waals surface area contributed by atoms with Crippen molar-refractivity contribution in [2.45, 2.75) is 46.1 Å². The SMILES string of the molecule is CCC(CO)NC(=O)c1cnn(-c2ccc(C)cc2)c1C(C)C. The third kappa shape index (κ3) is 3.79. The van der Waals surface area contributed by atoms with E-state index in [9.17, 15) is 9.90 Å². The molecule has 5 nitrogen and oxygen atoms in total. The first-order valence-corrected chi connectivity index (χ1v) is 8.04. The fourth-order valence-corrected chi connectivity index (χ4v) is 2.52. The molecule has 1 amide bonds. The van der Waals surface area contributed by atoms with Crippen molar-refractivity contribution in [1.29, 1.82) is 0 Å². The number of hydrogen-bond donors (Lipinski definition) is 2. The van der Waals surface area contributed by atoms with Gasteiger partial charge in [-0.05, 0) is 31.4 Å². The summed E-state index contributed by atoms with van der Waals surface area (Å²) in [7, 11) is 0. The molecule has 124 valence electrons. The van der Waals surface area contributed by atoms with Crippen LogP contribution in [0.25, 0.3) is 5.69 Å². The lowest BCUT2D eigenvalue weighted by Gasteiger charge is -2.16. The zero-order chi connectivity index (χ0) is 17.0. The van der Waals surface area contributed by atoms with Crippen LogP contribution in [-0.4, -0.2) is 33.4 Å². The number of nitrogens with one attached hydrogen (secondary N) is 1. The van der Waals surface area contributed by atoms with E-state index in [1.165, 1.54) is 5.56 Å². The van der Waals surface area contributed by atoms with E-state index in [1.807, 2.05) is 56.6 Å². The van der Waals surface area contributed by atoms with Gasteiger partial charge in [0.25, 0.3) is 5.91 Å². The second-order valence-electron chi connectivity index (χ2n) is 6.11. The number of nitrogens with zero attached hydrogens (tertiary/aromatic N) is 2. The van der Waals surface area contributed by atoms with Crippen LogP contribution in [0.5, 0.6) is 0 Å². The summed E-state index contributed by atoms with van der Waals surface area (Å²) >= 11 is 0. The van der Waals surface area contributed by atoms with Gasteiger partial charge in [-0.2, -0.15) is 5.10 Å². The topological polar surface area (TPSA) is 67.2 Å². The van der Waals surface area contributed by atoms with Crippen LogP contribution >= 0.6 is 0 Å². The summed E-state index contributed by atoms with van der Waals surface area (Å²) in [5, 5.41) is 16.5. The van der Waals surface area contributed by atoms with E-state index in [-0.39, 0.29) is 24.5 Å². The van der Waals surface area contributed by atoms with E-state index in [0.29, 0.717) is 12.0 Å². The Morgan fingerprint density at radius 1 is 1.30 bits per heavy atom. The largest absolute Gasteiger partial charge is 0.394 e. The number of rotatable bonds is 6. The molecule has 2 N–H and O–H groups in total. The van der Waals surface area contributed by atoms with E-state index < -0.39 is 0 Å². The van der Waals surface area contributed by atoms with Crippen LogP contribution in [0.4, 0.5) is 0 Å². The van der Waals surface area contributed by atoms with Gasteiger partial charge < -0.3 is 10.4 Å². The number of aliphatic hydroxyl groups is 1. The fourth-order valence-electron chi connectivity index (χ4n) is 2.52. The summed E-state index contributed by atoms with van der Waals surface area (Å²) < 4.78 is 1.82. The van der Waals surface area contributed by atoms with E-state index >= 15 is 0 Å². The fraction of sp³-hybridized carbons (Fsp3) is 0.444. The Morgan fingerprint density at radius 3 is 2.48 bits per heavy atom. The maximum Gasteiger partial charge on any atom is 0.255 e. The van der Waals surface area contributed by atoms with Crippen molar-refractivity contribution in [3.05, 3.63) is 47.3 Å². The summed E-state index contributed by atoms with van der Waals surface area (Å²) in [4.78, 5) is 12.5. The van der Waals surface area contributed by atoms with E-state index in [1.54, 1.807) is 6.20 Å². The smallest absolute Gasteiger partial charge is 0.255 e. The molecule has 0 saturated heterocycles. The van der Waals surface area contributed by atoms with Crippen molar-refractivity contribution < 1.29 is 9.90 Å². The Kier molecular flexibility index (Phi) is 5.55. The van der Waals surface area contributed by atoms with Gasteiger partial charge in [-0.25, -0.2) is 4.68 Å².